The van der Waals surface area contributed by atoms with E-state index in [4.69, 9.17) is 9.47 Å². The Morgan fingerprint density at radius 1 is 1.28 bits per heavy atom. The summed E-state index contributed by atoms with van der Waals surface area (Å²) in [4.78, 5) is 19.2. The molecule has 2 aromatic rings. The second-order valence-corrected chi connectivity index (χ2v) is 9.87. The first-order valence-corrected chi connectivity index (χ1v) is 11.3. The monoisotopic (exact) mass is 412 g/mol. The number of pyridine rings is 1. The van der Waals surface area contributed by atoms with Crippen LogP contribution in [-0.4, -0.2) is 48.4 Å². The van der Waals surface area contributed by atoms with Crippen LogP contribution < -0.4 is 9.47 Å². The second-order valence-electron chi connectivity index (χ2n) is 7.64. The van der Waals surface area contributed by atoms with E-state index < -0.39 is 9.84 Å². The lowest BCUT2D eigenvalue weighted by Crippen LogP contribution is -2.41. The Balaban J connectivity index is 1.45. The van der Waals surface area contributed by atoms with Crippen LogP contribution in [-0.2, 0) is 16.4 Å². The Kier molecular flexibility index (Phi) is 4.22. The number of carbonyl (C=O) groups excluding carboxylic acids is 1. The molecule has 150 valence electrons. The molecule has 5 rings (SSSR count). The van der Waals surface area contributed by atoms with Crippen molar-refractivity contribution in [2.45, 2.75) is 25.9 Å². The van der Waals surface area contributed by atoms with Crippen LogP contribution in [0.2, 0.25) is 0 Å². The number of hydrogen-bond acceptors (Lipinski definition) is 7. The maximum absolute atomic E-state index is 12.9. The van der Waals surface area contributed by atoms with Crippen LogP contribution in [0, 0.1) is 6.92 Å². The van der Waals surface area contributed by atoms with Gasteiger partial charge >= 0.3 is 0 Å². The van der Waals surface area contributed by atoms with Crippen molar-refractivity contribution >= 4 is 21.7 Å². The molecule has 29 heavy (non-hydrogen) atoms. The molecule has 1 saturated heterocycles. The van der Waals surface area contributed by atoms with Crippen molar-refractivity contribution in [1.29, 1.82) is 0 Å². The fourth-order valence-corrected chi connectivity index (χ4v) is 5.92. The third-order valence-corrected chi connectivity index (χ3v) is 7.41. The van der Waals surface area contributed by atoms with Crippen molar-refractivity contribution in [2.24, 2.45) is 0 Å². The van der Waals surface area contributed by atoms with Gasteiger partial charge in [-0.25, -0.2) is 8.42 Å². The first-order valence-electron chi connectivity index (χ1n) is 9.50. The van der Waals surface area contributed by atoms with Crippen LogP contribution in [0.5, 0.6) is 11.5 Å². The molecule has 8 heteroatoms. The number of rotatable bonds is 2. The molecule has 1 atom stereocenters. The molecule has 0 bridgehead atoms. The van der Waals surface area contributed by atoms with Crippen molar-refractivity contribution < 1.29 is 22.7 Å². The van der Waals surface area contributed by atoms with Gasteiger partial charge in [-0.15, -0.1) is 0 Å². The lowest BCUT2D eigenvalue weighted by atomic mass is 9.99. The molecule has 4 heterocycles. The van der Waals surface area contributed by atoms with Gasteiger partial charge in [0.05, 0.1) is 22.8 Å². The molecule has 1 fully saturated rings. The number of sulfone groups is 1. The second kappa shape index (κ2) is 6.67. The van der Waals surface area contributed by atoms with Crippen molar-refractivity contribution in [1.82, 2.24) is 9.88 Å². The molecule has 0 amide bonds. The molecule has 7 nitrogen and oxygen atoms in total. The Labute approximate surface area is 168 Å². The van der Waals surface area contributed by atoms with Crippen molar-refractivity contribution in [3.63, 3.8) is 0 Å². The first-order chi connectivity index (χ1) is 13.9. The molecule has 1 aromatic carbocycles. The van der Waals surface area contributed by atoms with Crippen molar-refractivity contribution in [2.75, 3.05) is 18.2 Å². The first kappa shape index (κ1) is 18.3. The normalized spacial score (nSPS) is 24.1. The third kappa shape index (κ3) is 3.22. The zero-order valence-electron chi connectivity index (χ0n) is 15.9. The van der Waals surface area contributed by atoms with Gasteiger partial charge in [-0.3, -0.25) is 14.7 Å². The number of nitrogens with zero attached hydrogens (tertiary/aromatic N) is 2. The molecule has 0 N–H and O–H groups in total. The average molecular weight is 412 g/mol. The number of aromatic nitrogens is 1. The van der Waals surface area contributed by atoms with E-state index in [0.717, 1.165) is 11.1 Å². The van der Waals surface area contributed by atoms with E-state index in [1.165, 1.54) is 0 Å². The predicted octanol–water partition coefficient (Wildman–Crippen LogP) is 2.35. The van der Waals surface area contributed by atoms with Crippen LogP contribution in [0.25, 0.3) is 6.08 Å². The Morgan fingerprint density at radius 2 is 2.14 bits per heavy atom. The quantitative estimate of drug-likeness (QED) is 0.700. The lowest BCUT2D eigenvalue weighted by Gasteiger charge is -2.33. The minimum atomic E-state index is -2.97. The standard InChI is InChI=1S/C21H20N2O5S/c1-13-20-14(10-23(12-27-20)16-5-7-29(25,26)11-16)8-17-19(24)18(28-21(13)17)9-15-4-2-3-6-22-15/h2-4,6,8-9,16H,5,7,10-12H2,1H3/b18-9-. The topological polar surface area (TPSA) is 85.8 Å². The van der Waals surface area contributed by atoms with E-state index in [0.29, 0.717) is 42.5 Å². The molecular formula is C21H20N2O5S. The molecule has 3 aliphatic heterocycles. The summed E-state index contributed by atoms with van der Waals surface area (Å²) in [7, 11) is -2.97. The zero-order chi connectivity index (χ0) is 20.2. The van der Waals surface area contributed by atoms with Gasteiger partial charge in [-0.2, -0.15) is 0 Å². The van der Waals surface area contributed by atoms with Crippen LogP contribution in [0.4, 0.5) is 0 Å². The van der Waals surface area contributed by atoms with E-state index in [2.05, 4.69) is 4.98 Å². The number of ketones is 1. The van der Waals surface area contributed by atoms with Gasteiger partial charge in [-0.05, 0) is 31.5 Å². The van der Waals surface area contributed by atoms with Gasteiger partial charge in [0.15, 0.2) is 15.6 Å². The van der Waals surface area contributed by atoms with Crippen LogP contribution >= 0.6 is 0 Å². The minimum absolute atomic E-state index is 0.0479. The smallest absolute Gasteiger partial charge is 0.232 e. The summed E-state index contributed by atoms with van der Waals surface area (Å²) in [5.74, 6) is 1.67. The van der Waals surface area contributed by atoms with Crippen LogP contribution in [0.3, 0.4) is 0 Å². The number of ether oxygens (including phenoxy) is 2. The predicted molar refractivity (Wildman–Crippen MR) is 106 cm³/mol. The Morgan fingerprint density at radius 3 is 2.86 bits per heavy atom. The van der Waals surface area contributed by atoms with Gasteiger partial charge in [0, 0.05) is 36.0 Å². The Hall–Kier alpha value is -2.71. The number of allylic oxidation sites excluding steroid dienone is 1. The molecule has 1 unspecified atom stereocenters. The van der Waals surface area contributed by atoms with Gasteiger partial charge < -0.3 is 9.47 Å². The summed E-state index contributed by atoms with van der Waals surface area (Å²) in [6.45, 7) is 2.76. The SMILES string of the molecule is Cc1c2c(cc3c1O/C(=C\c1ccccn1)C3=O)CN(C1CCS(=O)(=O)C1)CO2. The summed E-state index contributed by atoms with van der Waals surface area (Å²) in [6, 6.07) is 7.23. The molecule has 0 radical (unpaired) electrons. The van der Waals surface area contributed by atoms with Gasteiger partial charge in [0.2, 0.25) is 5.78 Å². The molecule has 0 saturated carbocycles. The number of carbonyl (C=O) groups is 1. The number of fused-ring (bicyclic) bond motifs is 2. The molecule has 1 aromatic heterocycles. The Bertz CT molecular complexity index is 1140. The maximum Gasteiger partial charge on any atom is 0.232 e. The van der Waals surface area contributed by atoms with Gasteiger partial charge in [0.25, 0.3) is 0 Å². The van der Waals surface area contributed by atoms with Crippen molar-refractivity contribution in [3.05, 3.63) is 58.6 Å². The number of Topliss-reactive ketones (excluding diaryl/α,β-unsaturated/α-hetero) is 1. The third-order valence-electron chi connectivity index (χ3n) is 5.66. The van der Waals surface area contributed by atoms with Crippen LogP contribution in [0.1, 0.15) is 33.6 Å². The van der Waals surface area contributed by atoms with Crippen LogP contribution in [0.15, 0.2) is 36.2 Å². The lowest BCUT2D eigenvalue weighted by molar-refractivity contribution is 0.0637. The van der Waals surface area contributed by atoms with E-state index in [9.17, 15) is 13.2 Å². The highest BCUT2D eigenvalue weighted by Crippen LogP contribution is 2.43. The number of hydrogen-bond donors (Lipinski definition) is 0. The average Bonchev–Trinajstić information content (AvgIpc) is 3.23. The summed E-state index contributed by atoms with van der Waals surface area (Å²) < 4.78 is 35.5. The van der Waals surface area contributed by atoms with E-state index in [1.807, 2.05) is 30.0 Å². The molecule has 0 spiro atoms. The largest absolute Gasteiger partial charge is 0.477 e. The summed E-state index contributed by atoms with van der Waals surface area (Å²) in [6.07, 6.45) is 3.91. The molecular weight excluding hydrogens is 392 g/mol. The minimum Gasteiger partial charge on any atom is -0.477 e. The highest BCUT2D eigenvalue weighted by molar-refractivity contribution is 7.91. The maximum atomic E-state index is 12.9. The van der Waals surface area contributed by atoms with E-state index >= 15 is 0 Å². The molecule has 0 aliphatic carbocycles. The highest BCUT2D eigenvalue weighted by atomic mass is 32.2. The van der Waals surface area contributed by atoms with Gasteiger partial charge in [-0.1, -0.05) is 6.07 Å². The summed E-state index contributed by atoms with van der Waals surface area (Å²) in [5, 5.41) is 0. The van der Waals surface area contributed by atoms with E-state index in [1.54, 1.807) is 18.3 Å². The summed E-state index contributed by atoms with van der Waals surface area (Å²) >= 11 is 0. The van der Waals surface area contributed by atoms with E-state index in [-0.39, 0.29) is 29.1 Å². The summed E-state index contributed by atoms with van der Waals surface area (Å²) in [5.41, 5.74) is 2.82. The fraction of sp³-hybridized carbons (Fsp3) is 0.333. The number of benzene rings is 1. The fourth-order valence-electron chi connectivity index (χ4n) is 4.16. The molecule has 3 aliphatic rings. The van der Waals surface area contributed by atoms with Gasteiger partial charge in [0.1, 0.15) is 18.2 Å². The van der Waals surface area contributed by atoms with Crippen molar-refractivity contribution in [3.8, 4) is 11.5 Å². The zero-order valence-corrected chi connectivity index (χ0v) is 16.7. The highest BCUT2D eigenvalue weighted by Gasteiger charge is 2.37.